The van der Waals surface area contributed by atoms with Crippen molar-refractivity contribution in [2.45, 2.75) is 44.8 Å². The van der Waals surface area contributed by atoms with Crippen LogP contribution in [0.25, 0.3) is 0 Å². The monoisotopic (exact) mass is 298 g/mol. The molecule has 1 aromatic heterocycles. The fourth-order valence-electron chi connectivity index (χ4n) is 2.57. The number of aliphatic hydroxyl groups is 1. The summed E-state index contributed by atoms with van der Waals surface area (Å²) in [5.41, 5.74) is 5.82. The van der Waals surface area contributed by atoms with E-state index in [0.717, 1.165) is 32.2 Å². The largest absolute Gasteiger partial charge is 0.391 e. The van der Waals surface area contributed by atoms with E-state index in [1.165, 1.54) is 11.3 Å². The number of likely N-dealkylation sites (N-methyl/N-ethyl adjacent to an activating group) is 1. The summed E-state index contributed by atoms with van der Waals surface area (Å²) >= 11 is 1.27. The predicted octanol–water partition coefficient (Wildman–Crippen LogP) is 1.53. The maximum atomic E-state index is 12.5. The first-order chi connectivity index (χ1) is 9.54. The lowest BCUT2D eigenvalue weighted by Gasteiger charge is -2.34. The minimum Gasteiger partial charge on any atom is -0.391 e. The molecule has 1 saturated carbocycles. The van der Waals surface area contributed by atoms with Crippen molar-refractivity contribution in [1.29, 1.82) is 0 Å². The second-order valence-corrected chi connectivity index (χ2v) is 6.10. The third-order valence-corrected chi connectivity index (χ3v) is 4.70. The normalized spacial score (nSPS) is 22.6. The number of hydrogen-bond donors (Lipinski definition) is 3. The molecular weight excluding hydrogens is 276 g/mol. The molecule has 0 radical (unpaired) electrons. The number of aromatic nitrogens is 1. The molecule has 0 saturated heterocycles. The molecule has 2 atom stereocenters. The minimum absolute atomic E-state index is 0.125. The number of aliphatic hydroxyl groups excluding tert-OH is 1. The van der Waals surface area contributed by atoms with E-state index in [1.807, 2.05) is 6.92 Å². The summed E-state index contributed by atoms with van der Waals surface area (Å²) in [6, 6.07) is -0.125. The van der Waals surface area contributed by atoms with Crippen LogP contribution in [0, 0.1) is 0 Å². The Labute approximate surface area is 123 Å². The van der Waals surface area contributed by atoms with E-state index in [0.29, 0.717) is 10.0 Å². The van der Waals surface area contributed by atoms with Crippen LogP contribution in [0.4, 0.5) is 10.9 Å². The van der Waals surface area contributed by atoms with Gasteiger partial charge in [0.15, 0.2) is 5.13 Å². The zero-order chi connectivity index (χ0) is 14.7. The molecule has 2 rings (SSSR count). The van der Waals surface area contributed by atoms with E-state index in [2.05, 4.69) is 10.3 Å². The molecule has 1 fully saturated rings. The Morgan fingerprint density at radius 2 is 2.25 bits per heavy atom. The van der Waals surface area contributed by atoms with Crippen LogP contribution >= 0.6 is 11.3 Å². The molecule has 6 nitrogen and oxygen atoms in total. The first-order valence-corrected chi connectivity index (χ1v) is 7.81. The first kappa shape index (κ1) is 15.1. The number of anilines is 2. The summed E-state index contributed by atoms with van der Waals surface area (Å²) in [7, 11) is 1.73. The Bertz CT molecular complexity index is 477. The molecule has 1 aliphatic carbocycles. The Balaban J connectivity index is 2.13. The zero-order valence-electron chi connectivity index (χ0n) is 11.9. The van der Waals surface area contributed by atoms with Gasteiger partial charge in [0.05, 0.1) is 12.1 Å². The van der Waals surface area contributed by atoms with E-state index in [1.54, 1.807) is 11.9 Å². The lowest BCUT2D eigenvalue weighted by molar-refractivity contribution is 0.0271. The van der Waals surface area contributed by atoms with Crippen molar-refractivity contribution < 1.29 is 9.90 Å². The molecule has 4 N–H and O–H groups in total. The number of amides is 1. The molecule has 7 heteroatoms. The zero-order valence-corrected chi connectivity index (χ0v) is 12.7. The van der Waals surface area contributed by atoms with Crippen LogP contribution in [0.2, 0.25) is 0 Å². The number of nitrogen functional groups attached to an aromatic ring is 1. The Morgan fingerprint density at radius 3 is 2.90 bits per heavy atom. The van der Waals surface area contributed by atoms with Gasteiger partial charge in [0.25, 0.3) is 5.91 Å². The number of hydrogen-bond acceptors (Lipinski definition) is 6. The van der Waals surface area contributed by atoms with Gasteiger partial charge in [0.1, 0.15) is 10.7 Å². The van der Waals surface area contributed by atoms with E-state index in [9.17, 15) is 9.90 Å². The lowest BCUT2D eigenvalue weighted by atomic mass is 9.91. The molecule has 112 valence electrons. The molecule has 0 aromatic carbocycles. The van der Waals surface area contributed by atoms with Crippen LogP contribution in [-0.4, -0.2) is 46.6 Å². The predicted molar refractivity (Wildman–Crippen MR) is 81.0 cm³/mol. The molecule has 1 aliphatic rings. The summed E-state index contributed by atoms with van der Waals surface area (Å²) in [5.74, 6) is 0.100. The number of nitrogens with zero attached hydrogens (tertiary/aromatic N) is 2. The summed E-state index contributed by atoms with van der Waals surface area (Å²) in [4.78, 5) is 18.7. The van der Waals surface area contributed by atoms with Crippen molar-refractivity contribution in [2.75, 3.05) is 24.6 Å². The molecule has 0 spiro atoms. The smallest absolute Gasteiger partial charge is 0.267 e. The van der Waals surface area contributed by atoms with Gasteiger partial charge in [-0.25, -0.2) is 4.98 Å². The molecule has 1 aromatic rings. The van der Waals surface area contributed by atoms with E-state index in [-0.39, 0.29) is 17.8 Å². The SMILES string of the molecule is CCNc1nc(N)c(C(=O)N(C)C2CCCCC2O)s1. The van der Waals surface area contributed by atoms with Crippen LogP contribution in [0.15, 0.2) is 0 Å². The van der Waals surface area contributed by atoms with Crippen molar-refractivity contribution in [3.8, 4) is 0 Å². The highest BCUT2D eigenvalue weighted by molar-refractivity contribution is 7.18. The first-order valence-electron chi connectivity index (χ1n) is 7.00. The van der Waals surface area contributed by atoms with E-state index >= 15 is 0 Å². The standard InChI is InChI=1S/C13H22N4O2S/c1-3-15-13-16-11(14)10(20-13)12(19)17(2)8-6-4-5-7-9(8)18/h8-9,18H,3-7,14H2,1-2H3,(H,15,16). The number of rotatable bonds is 4. The Morgan fingerprint density at radius 1 is 1.55 bits per heavy atom. The number of nitrogens with one attached hydrogen (secondary N) is 1. The van der Waals surface area contributed by atoms with E-state index in [4.69, 9.17) is 5.73 Å². The van der Waals surface area contributed by atoms with Gasteiger partial charge in [-0.3, -0.25) is 4.79 Å². The average Bonchev–Trinajstić information content (AvgIpc) is 2.79. The van der Waals surface area contributed by atoms with Crippen molar-refractivity contribution in [1.82, 2.24) is 9.88 Å². The van der Waals surface area contributed by atoms with Gasteiger partial charge in [0.2, 0.25) is 0 Å². The highest BCUT2D eigenvalue weighted by atomic mass is 32.1. The van der Waals surface area contributed by atoms with E-state index < -0.39 is 6.10 Å². The van der Waals surface area contributed by atoms with Crippen LogP contribution in [0.1, 0.15) is 42.3 Å². The van der Waals surface area contributed by atoms with Crippen molar-refractivity contribution in [2.24, 2.45) is 0 Å². The van der Waals surface area contributed by atoms with Crippen LogP contribution in [-0.2, 0) is 0 Å². The van der Waals surface area contributed by atoms with Gasteiger partial charge >= 0.3 is 0 Å². The molecule has 1 heterocycles. The van der Waals surface area contributed by atoms with Crippen molar-refractivity contribution in [3.05, 3.63) is 4.88 Å². The van der Waals surface area contributed by atoms with Gasteiger partial charge in [-0.1, -0.05) is 24.2 Å². The van der Waals surface area contributed by atoms with Crippen molar-refractivity contribution in [3.63, 3.8) is 0 Å². The van der Waals surface area contributed by atoms with Gasteiger partial charge in [0, 0.05) is 13.6 Å². The third kappa shape index (κ3) is 3.04. The van der Waals surface area contributed by atoms with Crippen molar-refractivity contribution >= 4 is 28.2 Å². The number of carbonyl (C=O) groups is 1. The maximum absolute atomic E-state index is 12.5. The third-order valence-electron chi connectivity index (χ3n) is 3.69. The highest BCUT2D eigenvalue weighted by Gasteiger charge is 2.31. The summed E-state index contributed by atoms with van der Waals surface area (Å²) < 4.78 is 0. The summed E-state index contributed by atoms with van der Waals surface area (Å²) in [6.45, 7) is 2.70. The molecule has 20 heavy (non-hydrogen) atoms. The molecular formula is C13H22N4O2S. The number of nitrogens with two attached hydrogens (primary N) is 1. The number of thiazole rings is 1. The topological polar surface area (TPSA) is 91.5 Å². The van der Waals surface area contributed by atoms with Gasteiger partial charge < -0.3 is 21.1 Å². The Kier molecular flexibility index (Phi) is 4.82. The lowest BCUT2D eigenvalue weighted by Crippen LogP contribution is -2.46. The summed E-state index contributed by atoms with van der Waals surface area (Å²) in [6.07, 6.45) is 3.21. The van der Waals surface area contributed by atoms with Gasteiger partial charge in [-0.2, -0.15) is 0 Å². The molecule has 0 bridgehead atoms. The second-order valence-electron chi connectivity index (χ2n) is 5.10. The maximum Gasteiger partial charge on any atom is 0.267 e. The number of carbonyl (C=O) groups excluding carboxylic acids is 1. The fraction of sp³-hybridized carbons (Fsp3) is 0.692. The van der Waals surface area contributed by atoms with Gasteiger partial charge in [-0.05, 0) is 19.8 Å². The highest BCUT2D eigenvalue weighted by Crippen LogP contribution is 2.29. The van der Waals surface area contributed by atoms with Crippen LogP contribution < -0.4 is 11.1 Å². The summed E-state index contributed by atoms with van der Waals surface area (Å²) in [5, 5.41) is 13.8. The quantitative estimate of drug-likeness (QED) is 0.784. The second kappa shape index (κ2) is 6.41. The molecule has 2 unspecified atom stereocenters. The van der Waals surface area contributed by atoms with Crippen LogP contribution in [0.5, 0.6) is 0 Å². The minimum atomic E-state index is -0.444. The average molecular weight is 298 g/mol. The van der Waals surface area contributed by atoms with Crippen LogP contribution in [0.3, 0.4) is 0 Å². The van der Waals surface area contributed by atoms with Gasteiger partial charge in [-0.15, -0.1) is 0 Å². The Hall–Kier alpha value is -1.34. The molecule has 0 aliphatic heterocycles. The molecule has 1 amide bonds. The fourth-order valence-corrected chi connectivity index (χ4v) is 3.50.